The molecule has 1 N–H and O–H groups in total. The van der Waals surface area contributed by atoms with Crippen molar-refractivity contribution in [3.63, 3.8) is 0 Å². The van der Waals surface area contributed by atoms with Crippen LogP contribution < -0.4 is 4.74 Å². The zero-order valence-corrected chi connectivity index (χ0v) is 20.1. The maximum atomic E-state index is 13.1. The summed E-state index contributed by atoms with van der Waals surface area (Å²) in [5, 5.41) is 11.6. The zero-order valence-electron chi connectivity index (χ0n) is 19.4. The predicted molar refractivity (Wildman–Crippen MR) is 130 cm³/mol. The minimum absolute atomic E-state index is 0.0733. The molecule has 6 nitrogen and oxygen atoms in total. The van der Waals surface area contributed by atoms with Gasteiger partial charge in [0, 0.05) is 23.7 Å². The van der Waals surface area contributed by atoms with Crippen molar-refractivity contribution in [3.05, 3.63) is 70.3 Å². The van der Waals surface area contributed by atoms with E-state index in [1.807, 2.05) is 43.3 Å². The highest BCUT2D eigenvalue weighted by molar-refractivity contribution is 6.46. The highest BCUT2D eigenvalue weighted by atomic mass is 35.5. The number of aliphatic hydroxyl groups excluding tert-OH is 1. The number of Topliss-reactive ketones (excluding diaryl/α,β-unsaturated/α-hetero) is 1. The summed E-state index contributed by atoms with van der Waals surface area (Å²) in [5.41, 5.74) is 1.22. The molecule has 1 heterocycles. The molecule has 1 atom stereocenters. The Bertz CT molecular complexity index is 1020. The van der Waals surface area contributed by atoms with Gasteiger partial charge < -0.3 is 19.6 Å². The number of likely N-dealkylation sites (tertiary alicyclic amines) is 1. The van der Waals surface area contributed by atoms with Gasteiger partial charge in [-0.05, 0) is 62.5 Å². The van der Waals surface area contributed by atoms with E-state index in [1.165, 1.54) is 4.90 Å². The molecule has 0 radical (unpaired) electrons. The van der Waals surface area contributed by atoms with Crippen LogP contribution >= 0.6 is 11.6 Å². The molecule has 33 heavy (non-hydrogen) atoms. The Morgan fingerprint density at radius 3 is 2.52 bits per heavy atom. The summed E-state index contributed by atoms with van der Waals surface area (Å²) in [5.74, 6) is -0.850. The number of likely N-dealkylation sites (N-methyl/N-ethyl adjacent to an activating group) is 1. The van der Waals surface area contributed by atoms with Crippen molar-refractivity contribution in [3.8, 4) is 5.75 Å². The van der Waals surface area contributed by atoms with Gasteiger partial charge in [-0.1, -0.05) is 43.5 Å². The number of amides is 1. The number of carbonyl (C=O) groups is 2. The van der Waals surface area contributed by atoms with Crippen molar-refractivity contribution in [1.82, 2.24) is 9.80 Å². The van der Waals surface area contributed by atoms with Gasteiger partial charge >= 0.3 is 0 Å². The second-order valence-electron chi connectivity index (χ2n) is 8.43. The number of unbranched alkanes of at least 4 members (excludes halogenated alkanes) is 2. The fourth-order valence-corrected chi connectivity index (χ4v) is 3.97. The van der Waals surface area contributed by atoms with Gasteiger partial charge in [0.2, 0.25) is 0 Å². The molecule has 1 unspecified atom stereocenters. The van der Waals surface area contributed by atoms with E-state index in [-0.39, 0.29) is 11.3 Å². The Balaban J connectivity index is 2.03. The highest BCUT2D eigenvalue weighted by Gasteiger charge is 2.46. The number of hydrogen-bond donors (Lipinski definition) is 1. The number of hydrogen-bond acceptors (Lipinski definition) is 5. The van der Waals surface area contributed by atoms with Gasteiger partial charge in [0.1, 0.15) is 11.5 Å². The van der Waals surface area contributed by atoms with Crippen LogP contribution in [-0.4, -0.2) is 60.4 Å². The third-order valence-corrected chi connectivity index (χ3v) is 5.89. The maximum absolute atomic E-state index is 13.1. The predicted octanol–water partition coefficient (Wildman–Crippen LogP) is 4.89. The molecule has 176 valence electrons. The second kappa shape index (κ2) is 11.3. The average molecular weight is 471 g/mol. The van der Waals surface area contributed by atoms with E-state index in [2.05, 4.69) is 6.92 Å². The third-order valence-electron chi connectivity index (χ3n) is 5.64. The first-order valence-corrected chi connectivity index (χ1v) is 11.6. The molecule has 7 heteroatoms. The Morgan fingerprint density at radius 2 is 1.85 bits per heavy atom. The largest absolute Gasteiger partial charge is 0.507 e. The lowest BCUT2D eigenvalue weighted by Gasteiger charge is -2.27. The van der Waals surface area contributed by atoms with Gasteiger partial charge in [-0.2, -0.15) is 0 Å². The lowest BCUT2D eigenvalue weighted by molar-refractivity contribution is -0.140. The Hall–Kier alpha value is -2.83. The molecule has 0 saturated carbocycles. The van der Waals surface area contributed by atoms with E-state index < -0.39 is 17.7 Å². The molecule has 0 aliphatic carbocycles. The third kappa shape index (κ3) is 5.95. The van der Waals surface area contributed by atoms with Crippen LogP contribution in [0.1, 0.15) is 43.4 Å². The molecule has 1 saturated heterocycles. The Morgan fingerprint density at radius 1 is 1.12 bits per heavy atom. The number of ketones is 1. The quantitative estimate of drug-likeness (QED) is 0.231. The molecule has 1 aliphatic heterocycles. The van der Waals surface area contributed by atoms with E-state index >= 15 is 0 Å². The summed E-state index contributed by atoms with van der Waals surface area (Å²) in [4.78, 5) is 29.5. The van der Waals surface area contributed by atoms with E-state index in [4.69, 9.17) is 16.3 Å². The molecule has 1 aliphatic rings. The molecule has 3 rings (SSSR count). The monoisotopic (exact) mass is 470 g/mol. The average Bonchev–Trinajstić information content (AvgIpc) is 3.05. The van der Waals surface area contributed by atoms with E-state index in [0.717, 1.165) is 24.8 Å². The highest BCUT2D eigenvalue weighted by Crippen LogP contribution is 2.40. The van der Waals surface area contributed by atoms with Gasteiger partial charge in [0.05, 0.1) is 18.2 Å². The fourth-order valence-electron chi connectivity index (χ4n) is 3.84. The van der Waals surface area contributed by atoms with E-state index in [9.17, 15) is 14.7 Å². The van der Waals surface area contributed by atoms with Crippen molar-refractivity contribution in [2.75, 3.05) is 33.8 Å². The van der Waals surface area contributed by atoms with E-state index in [1.54, 1.807) is 24.3 Å². The molecule has 0 aromatic heterocycles. The first kappa shape index (κ1) is 24.8. The van der Waals surface area contributed by atoms with Crippen LogP contribution in [0.2, 0.25) is 5.02 Å². The molecule has 0 spiro atoms. The van der Waals surface area contributed by atoms with Crippen LogP contribution in [0.15, 0.2) is 54.1 Å². The van der Waals surface area contributed by atoms with Crippen LogP contribution in [0.4, 0.5) is 0 Å². The summed E-state index contributed by atoms with van der Waals surface area (Å²) in [7, 11) is 3.81. The minimum atomic E-state index is -0.709. The first-order chi connectivity index (χ1) is 15.8. The topological polar surface area (TPSA) is 70.1 Å². The number of nitrogens with zero attached hydrogens (tertiary/aromatic N) is 2. The minimum Gasteiger partial charge on any atom is -0.507 e. The van der Waals surface area contributed by atoms with Gasteiger partial charge in [0.25, 0.3) is 11.7 Å². The molecule has 0 bridgehead atoms. The summed E-state index contributed by atoms with van der Waals surface area (Å²) in [6.45, 7) is 3.67. The molecule has 1 amide bonds. The zero-order chi connectivity index (χ0) is 24.0. The summed E-state index contributed by atoms with van der Waals surface area (Å²) in [6.07, 6.45) is 3.15. The van der Waals surface area contributed by atoms with Crippen LogP contribution in [-0.2, 0) is 9.59 Å². The standard InChI is InChI=1S/C26H31ClN2O4/c1-4-5-6-16-33-21-9-7-8-19(17-21)23-22(24(30)18-10-12-20(27)13-11-18)25(31)26(32)29(23)15-14-28(2)3/h7-13,17,23,30H,4-6,14-16H2,1-3H3. The van der Waals surface area contributed by atoms with Gasteiger partial charge in [-0.3, -0.25) is 9.59 Å². The molecule has 2 aromatic carbocycles. The summed E-state index contributed by atoms with van der Waals surface area (Å²) < 4.78 is 5.90. The molecule has 1 fully saturated rings. The van der Waals surface area contributed by atoms with Crippen molar-refractivity contribution in [2.45, 2.75) is 32.2 Å². The molecular formula is C26H31ClN2O4. The number of aliphatic hydroxyl groups is 1. The number of ether oxygens (including phenoxy) is 1. The SMILES string of the molecule is CCCCCOc1cccc(C2C(=C(O)c3ccc(Cl)cc3)C(=O)C(=O)N2CCN(C)C)c1. The number of halogens is 1. The van der Waals surface area contributed by atoms with Crippen molar-refractivity contribution in [1.29, 1.82) is 0 Å². The Kier molecular flexibility index (Phi) is 8.53. The van der Waals surface area contributed by atoms with Crippen molar-refractivity contribution < 1.29 is 19.4 Å². The van der Waals surface area contributed by atoms with Crippen LogP contribution in [0.25, 0.3) is 5.76 Å². The molecular weight excluding hydrogens is 440 g/mol. The van der Waals surface area contributed by atoms with Crippen LogP contribution in [0, 0.1) is 0 Å². The van der Waals surface area contributed by atoms with Crippen molar-refractivity contribution >= 4 is 29.1 Å². The number of carbonyl (C=O) groups excluding carboxylic acids is 2. The lowest BCUT2D eigenvalue weighted by atomic mass is 9.95. The second-order valence-corrected chi connectivity index (χ2v) is 8.87. The number of benzene rings is 2. The van der Waals surface area contributed by atoms with Crippen LogP contribution in [0.5, 0.6) is 5.75 Å². The normalized spacial score (nSPS) is 17.7. The van der Waals surface area contributed by atoms with Crippen molar-refractivity contribution in [2.24, 2.45) is 0 Å². The lowest BCUT2D eigenvalue weighted by Crippen LogP contribution is -2.35. The Labute approximate surface area is 200 Å². The van der Waals surface area contributed by atoms with Gasteiger partial charge in [0.15, 0.2) is 0 Å². The summed E-state index contributed by atoms with van der Waals surface area (Å²) >= 11 is 5.98. The van der Waals surface area contributed by atoms with Gasteiger partial charge in [-0.25, -0.2) is 0 Å². The number of rotatable bonds is 10. The summed E-state index contributed by atoms with van der Waals surface area (Å²) in [6, 6.07) is 13.2. The maximum Gasteiger partial charge on any atom is 0.295 e. The van der Waals surface area contributed by atoms with Crippen LogP contribution in [0.3, 0.4) is 0 Å². The fraction of sp³-hybridized carbons (Fsp3) is 0.385. The first-order valence-electron chi connectivity index (χ1n) is 11.2. The smallest absolute Gasteiger partial charge is 0.295 e. The molecule has 2 aromatic rings. The van der Waals surface area contributed by atoms with Gasteiger partial charge in [-0.15, -0.1) is 0 Å². The van der Waals surface area contributed by atoms with E-state index in [0.29, 0.717) is 36.0 Å².